The second-order valence-electron chi connectivity index (χ2n) is 4.08. The second kappa shape index (κ2) is 7.23. The smallest absolute Gasteiger partial charge is 0.137 e. The van der Waals surface area contributed by atoms with Crippen LogP contribution in [0.3, 0.4) is 0 Å². The summed E-state index contributed by atoms with van der Waals surface area (Å²) >= 11 is 0. The van der Waals surface area contributed by atoms with Crippen molar-refractivity contribution in [2.24, 2.45) is 5.73 Å². The Balaban J connectivity index is 2.46. The van der Waals surface area contributed by atoms with Crippen LogP contribution in [0.1, 0.15) is 38.7 Å². The largest absolute Gasteiger partial charge is 0.492 e. The van der Waals surface area contributed by atoms with E-state index in [-0.39, 0.29) is 0 Å². The molecule has 0 saturated heterocycles. The fraction of sp³-hybridized carbons (Fsp3) is 0.615. The van der Waals surface area contributed by atoms with Gasteiger partial charge in [-0.25, -0.2) is 0 Å². The molecule has 1 aromatic rings. The first-order valence-electron chi connectivity index (χ1n) is 6.08. The highest BCUT2D eigenvalue weighted by Gasteiger charge is 2.02. The maximum absolute atomic E-state index is 5.89. The summed E-state index contributed by atoms with van der Waals surface area (Å²) in [6, 6.07) is 2.35. The number of aromatic nitrogens is 1. The van der Waals surface area contributed by atoms with Gasteiger partial charge >= 0.3 is 0 Å². The van der Waals surface area contributed by atoms with Crippen LogP contribution >= 0.6 is 0 Å². The molecule has 1 aromatic heterocycles. The summed E-state index contributed by atoms with van der Waals surface area (Å²) in [7, 11) is 0. The molecule has 1 atom stereocenters. The zero-order chi connectivity index (χ0) is 11.8. The predicted octanol–water partition coefficient (Wildman–Crippen LogP) is 2.54. The maximum Gasteiger partial charge on any atom is 0.137 e. The first kappa shape index (κ1) is 13.0. The lowest BCUT2D eigenvalue weighted by atomic mass is 10.1. The van der Waals surface area contributed by atoms with Gasteiger partial charge in [0, 0.05) is 12.2 Å². The highest BCUT2D eigenvalue weighted by molar-refractivity contribution is 5.23. The van der Waals surface area contributed by atoms with Crippen LogP contribution in [0.15, 0.2) is 18.5 Å². The third-order valence-corrected chi connectivity index (χ3v) is 2.57. The van der Waals surface area contributed by atoms with Gasteiger partial charge in [-0.15, -0.1) is 0 Å². The van der Waals surface area contributed by atoms with E-state index in [0.717, 1.165) is 38.0 Å². The lowest BCUT2D eigenvalue weighted by molar-refractivity contribution is 0.316. The van der Waals surface area contributed by atoms with Gasteiger partial charge < -0.3 is 10.5 Å². The van der Waals surface area contributed by atoms with Crippen molar-refractivity contribution in [3.05, 3.63) is 24.0 Å². The van der Waals surface area contributed by atoms with Crippen LogP contribution in [-0.4, -0.2) is 17.6 Å². The molecule has 0 saturated carbocycles. The molecule has 16 heavy (non-hydrogen) atoms. The van der Waals surface area contributed by atoms with E-state index in [1.807, 2.05) is 6.20 Å². The van der Waals surface area contributed by atoms with Gasteiger partial charge in [0.25, 0.3) is 0 Å². The maximum atomic E-state index is 5.89. The van der Waals surface area contributed by atoms with Gasteiger partial charge in [0.1, 0.15) is 5.75 Å². The molecule has 1 unspecified atom stereocenters. The molecule has 0 aliphatic heterocycles. The van der Waals surface area contributed by atoms with Crippen LogP contribution in [0.5, 0.6) is 5.75 Å². The molecule has 0 amide bonds. The zero-order valence-electron chi connectivity index (χ0n) is 10.3. The molecular formula is C13H22N2O. The molecule has 0 aliphatic carbocycles. The number of hydrogen-bond acceptors (Lipinski definition) is 3. The molecule has 90 valence electrons. The molecule has 1 rings (SSSR count). The first-order valence-corrected chi connectivity index (χ1v) is 6.08. The third kappa shape index (κ3) is 4.62. The third-order valence-electron chi connectivity index (χ3n) is 2.57. The van der Waals surface area contributed by atoms with Gasteiger partial charge in [-0.1, -0.05) is 13.8 Å². The van der Waals surface area contributed by atoms with Crippen molar-refractivity contribution in [1.29, 1.82) is 0 Å². The van der Waals surface area contributed by atoms with E-state index in [4.69, 9.17) is 10.5 Å². The summed E-state index contributed by atoms with van der Waals surface area (Å²) in [4.78, 5) is 4.18. The van der Waals surface area contributed by atoms with Gasteiger partial charge in [-0.2, -0.15) is 0 Å². The van der Waals surface area contributed by atoms with Crippen molar-refractivity contribution >= 4 is 0 Å². The molecular weight excluding hydrogens is 200 g/mol. The minimum atomic E-state index is 0.292. The van der Waals surface area contributed by atoms with Crippen LogP contribution < -0.4 is 10.5 Å². The molecule has 3 heteroatoms. The van der Waals surface area contributed by atoms with Gasteiger partial charge in [-0.3, -0.25) is 4.98 Å². The minimum absolute atomic E-state index is 0.292. The summed E-state index contributed by atoms with van der Waals surface area (Å²) in [5.41, 5.74) is 7.09. The summed E-state index contributed by atoms with van der Waals surface area (Å²) in [5.74, 6) is 0.865. The Bertz CT molecular complexity index is 302. The normalized spacial score (nSPS) is 12.4. The number of rotatable bonds is 7. The van der Waals surface area contributed by atoms with Gasteiger partial charge in [0.05, 0.1) is 12.8 Å². The highest BCUT2D eigenvalue weighted by Crippen LogP contribution is 2.13. The Hall–Kier alpha value is -1.09. The summed E-state index contributed by atoms with van der Waals surface area (Å²) in [6.07, 6.45) is 7.69. The minimum Gasteiger partial charge on any atom is -0.492 e. The Morgan fingerprint density at radius 1 is 1.38 bits per heavy atom. The second-order valence-corrected chi connectivity index (χ2v) is 4.08. The van der Waals surface area contributed by atoms with Crippen molar-refractivity contribution in [3.8, 4) is 5.75 Å². The van der Waals surface area contributed by atoms with Crippen molar-refractivity contribution in [3.63, 3.8) is 0 Å². The van der Waals surface area contributed by atoms with Gasteiger partial charge in [0.15, 0.2) is 0 Å². The quantitative estimate of drug-likeness (QED) is 0.771. The van der Waals surface area contributed by atoms with Crippen LogP contribution in [-0.2, 0) is 6.42 Å². The summed E-state index contributed by atoms with van der Waals surface area (Å²) < 4.78 is 5.54. The molecule has 2 N–H and O–H groups in total. The molecule has 0 fully saturated rings. The van der Waals surface area contributed by atoms with E-state index in [2.05, 4.69) is 24.9 Å². The fourth-order valence-corrected chi connectivity index (χ4v) is 1.46. The van der Waals surface area contributed by atoms with Crippen molar-refractivity contribution < 1.29 is 4.74 Å². The summed E-state index contributed by atoms with van der Waals surface area (Å²) in [6.45, 7) is 4.96. The van der Waals surface area contributed by atoms with Gasteiger partial charge in [-0.05, 0) is 37.3 Å². The number of pyridine rings is 1. The van der Waals surface area contributed by atoms with E-state index < -0.39 is 0 Å². The summed E-state index contributed by atoms with van der Waals surface area (Å²) in [5, 5.41) is 0. The number of ether oxygens (including phenoxy) is 1. The van der Waals surface area contributed by atoms with E-state index in [1.54, 1.807) is 6.20 Å². The van der Waals surface area contributed by atoms with Crippen molar-refractivity contribution in [2.75, 3.05) is 6.61 Å². The van der Waals surface area contributed by atoms with Crippen molar-refractivity contribution in [2.45, 2.75) is 45.6 Å². The van der Waals surface area contributed by atoms with E-state index >= 15 is 0 Å². The molecule has 1 heterocycles. The number of hydrogen-bond donors (Lipinski definition) is 1. The molecule has 0 aliphatic rings. The van der Waals surface area contributed by atoms with Gasteiger partial charge in [0.2, 0.25) is 0 Å². The van der Waals surface area contributed by atoms with Crippen LogP contribution in [0, 0.1) is 0 Å². The van der Waals surface area contributed by atoms with Crippen LogP contribution in [0.4, 0.5) is 0 Å². The molecule has 0 radical (unpaired) electrons. The first-order chi connectivity index (χ1) is 7.76. The molecule has 3 nitrogen and oxygen atoms in total. The predicted molar refractivity (Wildman–Crippen MR) is 66.6 cm³/mol. The Morgan fingerprint density at radius 2 is 2.19 bits per heavy atom. The SMILES string of the molecule is CCCOc1cncc(CCC(N)CC)c1. The average Bonchev–Trinajstić information content (AvgIpc) is 2.34. The Labute approximate surface area is 98.0 Å². The van der Waals surface area contributed by atoms with E-state index in [0.29, 0.717) is 6.04 Å². The van der Waals surface area contributed by atoms with Crippen LogP contribution in [0.25, 0.3) is 0 Å². The number of nitrogens with zero attached hydrogens (tertiary/aromatic N) is 1. The Morgan fingerprint density at radius 3 is 2.88 bits per heavy atom. The zero-order valence-corrected chi connectivity index (χ0v) is 10.3. The Kier molecular flexibility index (Phi) is 5.86. The van der Waals surface area contributed by atoms with E-state index in [1.165, 1.54) is 5.56 Å². The topological polar surface area (TPSA) is 48.1 Å². The van der Waals surface area contributed by atoms with Crippen LogP contribution in [0.2, 0.25) is 0 Å². The molecule has 0 aromatic carbocycles. The molecule has 0 bridgehead atoms. The molecule has 0 spiro atoms. The average molecular weight is 222 g/mol. The number of nitrogens with two attached hydrogens (primary N) is 1. The monoisotopic (exact) mass is 222 g/mol. The lowest BCUT2D eigenvalue weighted by Crippen LogP contribution is -2.19. The standard InChI is InChI=1S/C13H22N2O/c1-3-7-16-13-8-11(9-15-10-13)5-6-12(14)4-2/h8-10,12H,3-7,14H2,1-2H3. The van der Waals surface area contributed by atoms with E-state index in [9.17, 15) is 0 Å². The lowest BCUT2D eigenvalue weighted by Gasteiger charge is -2.09. The fourth-order valence-electron chi connectivity index (χ4n) is 1.46. The number of aryl methyl sites for hydroxylation is 1. The highest BCUT2D eigenvalue weighted by atomic mass is 16.5. The van der Waals surface area contributed by atoms with Crippen molar-refractivity contribution in [1.82, 2.24) is 4.98 Å².